The van der Waals surface area contributed by atoms with E-state index in [9.17, 15) is 9.90 Å². The number of nitrogens with one attached hydrogen (secondary N) is 1. The van der Waals surface area contributed by atoms with Gasteiger partial charge in [0.25, 0.3) is 5.91 Å². The van der Waals surface area contributed by atoms with Gasteiger partial charge in [-0.05, 0) is 19.1 Å². The normalized spacial score (nSPS) is 10.8. The van der Waals surface area contributed by atoms with E-state index in [1.54, 1.807) is 29.1 Å². The molecule has 2 rings (SSSR count). The van der Waals surface area contributed by atoms with Crippen LogP contribution in [0.1, 0.15) is 11.4 Å². The molecule has 0 saturated heterocycles. The molecule has 1 aromatic carbocycles. The summed E-state index contributed by atoms with van der Waals surface area (Å²) in [5.41, 5.74) is 2.98. The Labute approximate surface area is 121 Å². The number of amides is 1. The highest BCUT2D eigenvalue weighted by Gasteiger charge is 2.06. The molecule has 0 aliphatic rings. The smallest absolute Gasteiger partial charge is 0.260 e. The van der Waals surface area contributed by atoms with E-state index in [0.29, 0.717) is 11.3 Å². The lowest BCUT2D eigenvalue weighted by atomic mass is 10.2. The third-order valence-electron chi connectivity index (χ3n) is 2.86. The zero-order valence-corrected chi connectivity index (χ0v) is 11.8. The van der Waals surface area contributed by atoms with Gasteiger partial charge >= 0.3 is 0 Å². The van der Waals surface area contributed by atoms with E-state index in [2.05, 4.69) is 15.5 Å². The van der Waals surface area contributed by atoms with Gasteiger partial charge in [0.1, 0.15) is 12.4 Å². The highest BCUT2D eigenvalue weighted by Crippen LogP contribution is 2.28. The van der Waals surface area contributed by atoms with E-state index in [1.807, 2.05) is 6.92 Å². The second kappa shape index (κ2) is 6.56. The summed E-state index contributed by atoms with van der Waals surface area (Å²) in [5, 5.41) is 13.5. The molecule has 0 aliphatic carbocycles. The molecule has 2 aromatic rings. The molecule has 2 N–H and O–H groups in total. The second-order valence-corrected chi connectivity index (χ2v) is 4.30. The first kappa shape index (κ1) is 14.6. The van der Waals surface area contributed by atoms with Gasteiger partial charge in [0.05, 0.1) is 13.3 Å². The van der Waals surface area contributed by atoms with Crippen LogP contribution in [0.3, 0.4) is 0 Å². The van der Waals surface area contributed by atoms with Crippen LogP contribution in [0, 0.1) is 6.92 Å². The number of carbonyl (C=O) groups is 1. The van der Waals surface area contributed by atoms with Gasteiger partial charge in [0.2, 0.25) is 0 Å². The van der Waals surface area contributed by atoms with Gasteiger partial charge < -0.3 is 14.4 Å². The molecule has 0 atom stereocenters. The molecule has 7 heteroatoms. The predicted molar refractivity (Wildman–Crippen MR) is 77.4 cm³/mol. The van der Waals surface area contributed by atoms with E-state index in [0.717, 1.165) is 5.82 Å². The Morgan fingerprint density at radius 2 is 2.38 bits per heavy atom. The number of rotatable bonds is 5. The second-order valence-electron chi connectivity index (χ2n) is 4.30. The summed E-state index contributed by atoms with van der Waals surface area (Å²) in [6.07, 6.45) is 4.76. The molecule has 21 heavy (non-hydrogen) atoms. The van der Waals surface area contributed by atoms with Crippen molar-refractivity contribution in [3.05, 3.63) is 42.0 Å². The maximum Gasteiger partial charge on any atom is 0.260 e. The Balaban J connectivity index is 1.98. The summed E-state index contributed by atoms with van der Waals surface area (Å²) in [5.74, 6) is 0.804. The maximum atomic E-state index is 11.7. The Morgan fingerprint density at radius 1 is 1.57 bits per heavy atom. The van der Waals surface area contributed by atoms with Crippen LogP contribution in [-0.4, -0.2) is 33.9 Å². The van der Waals surface area contributed by atoms with Gasteiger partial charge in [0.15, 0.2) is 11.5 Å². The number of hydrogen-bond donors (Lipinski definition) is 2. The Morgan fingerprint density at radius 3 is 3.05 bits per heavy atom. The van der Waals surface area contributed by atoms with Crippen molar-refractivity contribution in [2.75, 3.05) is 7.11 Å². The van der Waals surface area contributed by atoms with Gasteiger partial charge in [0, 0.05) is 18.0 Å². The summed E-state index contributed by atoms with van der Waals surface area (Å²) in [7, 11) is 1.45. The molecule has 1 amide bonds. The van der Waals surface area contributed by atoms with Gasteiger partial charge in [-0.25, -0.2) is 10.4 Å². The van der Waals surface area contributed by atoms with E-state index in [-0.39, 0.29) is 18.2 Å². The number of methoxy groups -OCH3 is 1. The van der Waals surface area contributed by atoms with Crippen LogP contribution in [0.4, 0.5) is 0 Å². The fourth-order valence-corrected chi connectivity index (χ4v) is 1.80. The van der Waals surface area contributed by atoms with E-state index in [1.165, 1.54) is 19.4 Å². The van der Waals surface area contributed by atoms with Crippen molar-refractivity contribution >= 4 is 12.1 Å². The van der Waals surface area contributed by atoms with Crippen LogP contribution in [-0.2, 0) is 11.3 Å². The topological polar surface area (TPSA) is 88.7 Å². The number of aromatic hydroxyl groups is 1. The highest BCUT2D eigenvalue weighted by molar-refractivity contribution is 5.86. The monoisotopic (exact) mass is 288 g/mol. The minimum atomic E-state index is -0.272. The minimum Gasteiger partial charge on any atom is -0.504 e. The van der Waals surface area contributed by atoms with Crippen molar-refractivity contribution in [3.8, 4) is 11.5 Å². The van der Waals surface area contributed by atoms with Crippen molar-refractivity contribution in [2.45, 2.75) is 13.5 Å². The van der Waals surface area contributed by atoms with Crippen molar-refractivity contribution < 1.29 is 14.6 Å². The van der Waals surface area contributed by atoms with Crippen LogP contribution in [0.25, 0.3) is 0 Å². The summed E-state index contributed by atoms with van der Waals surface area (Å²) in [6, 6.07) is 4.89. The molecule has 1 heterocycles. The molecular weight excluding hydrogens is 272 g/mol. The summed E-state index contributed by atoms with van der Waals surface area (Å²) in [4.78, 5) is 15.8. The lowest BCUT2D eigenvalue weighted by molar-refractivity contribution is -0.121. The van der Waals surface area contributed by atoms with Gasteiger partial charge in [-0.1, -0.05) is 6.07 Å². The van der Waals surface area contributed by atoms with Crippen molar-refractivity contribution in [1.82, 2.24) is 15.0 Å². The molecule has 0 spiro atoms. The van der Waals surface area contributed by atoms with Crippen LogP contribution in [0.15, 0.2) is 35.7 Å². The molecule has 0 fully saturated rings. The van der Waals surface area contributed by atoms with Crippen molar-refractivity contribution in [2.24, 2.45) is 5.10 Å². The Kier molecular flexibility index (Phi) is 4.55. The lowest BCUT2D eigenvalue weighted by Crippen LogP contribution is -2.23. The summed E-state index contributed by atoms with van der Waals surface area (Å²) in [6.45, 7) is 1.95. The van der Waals surface area contributed by atoms with Crippen molar-refractivity contribution in [1.29, 1.82) is 0 Å². The fourth-order valence-electron chi connectivity index (χ4n) is 1.80. The number of hydrogen-bond acceptors (Lipinski definition) is 5. The molecule has 0 radical (unpaired) electrons. The first-order chi connectivity index (χ1) is 10.1. The molecule has 110 valence electrons. The largest absolute Gasteiger partial charge is 0.504 e. The number of phenolic OH excluding ortho intramolecular Hbond substituents is 1. The first-order valence-electron chi connectivity index (χ1n) is 6.27. The molecule has 0 saturated carbocycles. The Hall–Kier alpha value is -2.83. The standard InChI is InChI=1S/C14H16N4O3/c1-10-15-6-7-18(10)9-13(20)17-16-8-11-4-3-5-12(19)14(11)21-2/h3-8,19H,9H2,1-2H3,(H,17,20)/b16-8+. The van der Waals surface area contributed by atoms with Crippen LogP contribution >= 0.6 is 0 Å². The number of phenols is 1. The average molecular weight is 288 g/mol. The molecule has 7 nitrogen and oxygen atoms in total. The van der Waals surface area contributed by atoms with Crippen molar-refractivity contribution in [3.63, 3.8) is 0 Å². The number of carbonyl (C=O) groups excluding carboxylic acids is 1. The Bertz CT molecular complexity index is 664. The van der Waals surface area contributed by atoms with Crippen LogP contribution in [0.5, 0.6) is 11.5 Å². The van der Waals surface area contributed by atoms with E-state index in [4.69, 9.17) is 4.74 Å². The third-order valence-corrected chi connectivity index (χ3v) is 2.86. The fraction of sp³-hybridized carbons (Fsp3) is 0.214. The molecule has 0 aliphatic heterocycles. The van der Waals surface area contributed by atoms with Gasteiger partial charge in [-0.3, -0.25) is 4.79 Å². The minimum absolute atomic E-state index is 0.0156. The lowest BCUT2D eigenvalue weighted by Gasteiger charge is -2.06. The molecule has 1 aromatic heterocycles. The summed E-state index contributed by atoms with van der Waals surface area (Å²) >= 11 is 0. The number of aryl methyl sites for hydroxylation is 1. The molecule has 0 unspecified atom stereocenters. The zero-order valence-electron chi connectivity index (χ0n) is 11.8. The number of ether oxygens (including phenoxy) is 1. The van der Waals surface area contributed by atoms with Crippen LogP contribution < -0.4 is 10.2 Å². The first-order valence-corrected chi connectivity index (χ1v) is 6.27. The average Bonchev–Trinajstić information content (AvgIpc) is 2.84. The van der Waals surface area contributed by atoms with E-state index < -0.39 is 0 Å². The zero-order chi connectivity index (χ0) is 15.2. The SMILES string of the molecule is COc1c(O)cccc1/C=N/NC(=O)Cn1ccnc1C. The molecular formula is C14H16N4O3. The van der Waals surface area contributed by atoms with Gasteiger partial charge in [-0.15, -0.1) is 0 Å². The third kappa shape index (κ3) is 3.59. The quantitative estimate of drug-likeness (QED) is 0.636. The number of aromatic nitrogens is 2. The predicted octanol–water partition coefficient (Wildman–Crippen LogP) is 1.06. The van der Waals surface area contributed by atoms with E-state index >= 15 is 0 Å². The number of para-hydroxylation sites is 1. The van der Waals surface area contributed by atoms with Gasteiger partial charge in [-0.2, -0.15) is 5.10 Å². The number of hydrazone groups is 1. The number of imidazole rings is 1. The number of benzene rings is 1. The summed E-state index contributed by atoms with van der Waals surface area (Å²) < 4.78 is 6.78. The maximum absolute atomic E-state index is 11.7. The highest BCUT2D eigenvalue weighted by atomic mass is 16.5. The number of nitrogens with zero attached hydrogens (tertiary/aromatic N) is 3. The molecule has 0 bridgehead atoms. The van der Waals surface area contributed by atoms with Crippen LogP contribution in [0.2, 0.25) is 0 Å².